The lowest BCUT2D eigenvalue weighted by atomic mass is 9.85. The van der Waals surface area contributed by atoms with Gasteiger partial charge in [0.25, 0.3) is 0 Å². The number of aliphatic hydroxyl groups excluding tert-OH is 1. The van der Waals surface area contributed by atoms with Gasteiger partial charge in [-0.1, -0.05) is 32.9 Å². The van der Waals surface area contributed by atoms with Crippen molar-refractivity contribution in [2.45, 2.75) is 96.0 Å². The van der Waals surface area contributed by atoms with Gasteiger partial charge < -0.3 is 15.3 Å². The number of likely N-dealkylation sites (tertiary alicyclic amines) is 2. The number of hydrogen-bond donors (Lipinski definition) is 2. The zero-order valence-corrected chi connectivity index (χ0v) is 20.3. The molecule has 2 amide bonds. The molecule has 33 heavy (non-hydrogen) atoms. The van der Waals surface area contributed by atoms with Gasteiger partial charge in [-0.2, -0.15) is 0 Å². The van der Waals surface area contributed by atoms with Crippen molar-refractivity contribution in [2.75, 3.05) is 19.6 Å². The summed E-state index contributed by atoms with van der Waals surface area (Å²) in [5.41, 5.74) is 0.508. The summed E-state index contributed by atoms with van der Waals surface area (Å²) in [7, 11) is 0. The molecule has 2 N–H and O–H groups in total. The molecular formula is C24H38N6O3. The molecule has 9 heteroatoms. The molecule has 182 valence electrons. The summed E-state index contributed by atoms with van der Waals surface area (Å²) in [5, 5.41) is 22.2. The molecule has 5 atom stereocenters. The fourth-order valence-electron chi connectivity index (χ4n) is 5.54. The van der Waals surface area contributed by atoms with Gasteiger partial charge in [-0.15, -0.1) is 5.10 Å². The molecule has 2 saturated heterocycles. The molecule has 4 fully saturated rings. The van der Waals surface area contributed by atoms with Gasteiger partial charge in [0.15, 0.2) is 0 Å². The maximum Gasteiger partial charge on any atom is 0.248 e. The molecule has 2 unspecified atom stereocenters. The van der Waals surface area contributed by atoms with Crippen LogP contribution in [-0.4, -0.2) is 85.6 Å². The Labute approximate surface area is 195 Å². The first-order chi connectivity index (χ1) is 15.6. The largest absolute Gasteiger partial charge is 0.391 e. The number of rotatable bonds is 6. The van der Waals surface area contributed by atoms with Gasteiger partial charge in [-0.3, -0.25) is 14.5 Å². The van der Waals surface area contributed by atoms with E-state index in [2.05, 4.69) is 27.5 Å². The first kappa shape index (κ1) is 22.8. The van der Waals surface area contributed by atoms with E-state index >= 15 is 0 Å². The fourth-order valence-corrected chi connectivity index (χ4v) is 5.54. The summed E-state index contributed by atoms with van der Waals surface area (Å²) < 4.78 is 1.67. The topological polar surface area (TPSA) is 104 Å². The Balaban J connectivity index is 1.32. The maximum absolute atomic E-state index is 13.8. The highest BCUT2D eigenvalue weighted by molar-refractivity contribution is 5.90. The van der Waals surface area contributed by atoms with E-state index in [1.807, 2.05) is 27.0 Å². The minimum Gasteiger partial charge on any atom is -0.391 e. The van der Waals surface area contributed by atoms with E-state index in [0.29, 0.717) is 17.9 Å². The predicted octanol–water partition coefficient (Wildman–Crippen LogP) is 1.30. The first-order valence-corrected chi connectivity index (χ1v) is 12.6. The third-order valence-corrected chi connectivity index (χ3v) is 7.74. The number of nitrogens with one attached hydrogen (secondary N) is 1. The van der Waals surface area contributed by atoms with Gasteiger partial charge in [0.2, 0.25) is 11.8 Å². The number of carbonyl (C=O) groups excluding carboxylic acids is 2. The van der Waals surface area contributed by atoms with Crippen LogP contribution in [0.25, 0.3) is 0 Å². The normalized spacial score (nSPS) is 31.7. The van der Waals surface area contributed by atoms with Crippen LogP contribution in [0.15, 0.2) is 6.20 Å². The molecule has 0 spiro atoms. The molecule has 1 aromatic heterocycles. The molecule has 0 radical (unpaired) electrons. The number of carbonyl (C=O) groups is 2. The van der Waals surface area contributed by atoms with Crippen LogP contribution >= 0.6 is 0 Å². The van der Waals surface area contributed by atoms with Gasteiger partial charge in [0.1, 0.15) is 12.1 Å². The molecule has 0 bridgehead atoms. The Kier molecular flexibility index (Phi) is 5.76. The molecule has 1 aromatic rings. The number of hydrogen-bond acceptors (Lipinski definition) is 6. The van der Waals surface area contributed by atoms with Crippen LogP contribution < -0.4 is 5.32 Å². The van der Waals surface area contributed by atoms with E-state index in [1.165, 1.54) is 12.8 Å². The number of amides is 2. The van der Waals surface area contributed by atoms with Gasteiger partial charge in [-0.05, 0) is 37.0 Å². The third kappa shape index (κ3) is 4.67. The highest BCUT2D eigenvalue weighted by atomic mass is 16.3. The van der Waals surface area contributed by atoms with Gasteiger partial charge in [0.05, 0.1) is 11.8 Å². The van der Waals surface area contributed by atoms with E-state index in [-0.39, 0.29) is 30.8 Å². The summed E-state index contributed by atoms with van der Waals surface area (Å²) in [4.78, 5) is 31.2. The molecule has 5 rings (SSSR count). The number of β-amino-alcohol motifs (C(OH)–C–C–N with tert-alkyl or cyclic N) is 1. The molecule has 2 aliphatic heterocycles. The van der Waals surface area contributed by atoms with Crippen LogP contribution in [-0.2, 0) is 9.59 Å². The Morgan fingerprint density at radius 1 is 1.15 bits per heavy atom. The second-order valence-electron chi connectivity index (χ2n) is 11.8. The second-order valence-corrected chi connectivity index (χ2v) is 11.8. The molecule has 0 aromatic carbocycles. The Morgan fingerprint density at radius 2 is 1.88 bits per heavy atom. The van der Waals surface area contributed by atoms with E-state index in [4.69, 9.17) is 0 Å². The summed E-state index contributed by atoms with van der Waals surface area (Å²) >= 11 is 0. The van der Waals surface area contributed by atoms with Crippen molar-refractivity contribution in [1.82, 2.24) is 30.1 Å². The van der Waals surface area contributed by atoms with Crippen molar-refractivity contribution in [1.29, 1.82) is 0 Å². The van der Waals surface area contributed by atoms with Crippen molar-refractivity contribution < 1.29 is 14.7 Å². The van der Waals surface area contributed by atoms with E-state index < -0.39 is 23.6 Å². The monoisotopic (exact) mass is 458 g/mol. The van der Waals surface area contributed by atoms with E-state index in [1.54, 1.807) is 9.58 Å². The number of aromatic nitrogens is 3. The summed E-state index contributed by atoms with van der Waals surface area (Å²) in [6, 6.07) is -0.487. The lowest BCUT2D eigenvalue weighted by molar-refractivity contribution is -0.144. The lowest BCUT2D eigenvalue weighted by Gasteiger charge is -2.35. The highest BCUT2D eigenvalue weighted by Gasteiger charge is 2.47. The summed E-state index contributed by atoms with van der Waals surface area (Å²) in [5.74, 6) is 0.499. The standard InChI is InChI=1S/C24H38N6O3/c1-14-10-28(16-7-8-16)12-18(14)25-22(32)20-9-17(31)11-29(20)23(33)21(24(2,3)4)30-13-19(26-27-30)15-5-6-15/h13-18,20-21,31H,5-12H2,1-4H3,(H,25,32)/t14?,17-,18?,20+,21-/m0/s1. The zero-order valence-electron chi connectivity index (χ0n) is 20.3. The summed E-state index contributed by atoms with van der Waals surface area (Å²) in [6.07, 6.45) is 6.20. The average molecular weight is 459 g/mol. The van der Waals surface area contributed by atoms with Gasteiger partial charge in [0, 0.05) is 50.3 Å². The predicted molar refractivity (Wildman–Crippen MR) is 122 cm³/mol. The molecule has 3 heterocycles. The Hall–Kier alpha value is -2.00. The van der Waals surface area contributed by atoms with Crippen LogP contribution in [0.1, 0.15) is 77.5 Å². The van der Waals surface area contributed by atoms with Gasteiger partial charge in [-0.25, -0.2) is 4.68 Å². The van der Waals surface area contributed by atoms with E-state index in [0.717, 1.165) is 31.6 Å². The number of nitrogens with zero attached hydrogens (tertiary/aromatic N) is 5. The Morgan fingerprint density at radius 3 is 2.52 bits per heavy atom. The molecule has 2 aliphatic carbocycles. The van der Waals surface area contributed by atoms with Gasteiger partial charge >= 0.3 is 0 Å². The zero-order chi connectivity index (χ0) is 23.5. The maximum atomic E-state index is 13.8. The first-order valence-electron chi connectivity index (χ1n) is 12.6. The lowest BCUT2D eigenvalue weighted by Crippen LogP contribution is -2.53. The molecule has 9 nitrogen and oxygen atoms in total. The number of aliphatic hydroxyl groups is 1. The third-order valence-electron chi connectivity index (χ3n) is 7.74. The van der Waals surface area contributed by atoms with Crippen molar-refractivity contribution in [3.8, 4) is 0 Å². The smallest absolute Gasteiger partial charge is 0.248 e. The molecular weight excluding hydrogens is 420 g/mol. The van der Waals surface area contributed by atoms with Crippen LogP contribution in [0.2, 0.25) is 0 Å². The SMILES string of the molecule is CC1CN(C2CC2)CC1NC(=O)[C@H]1C[C@H](O)CN1C(=O)[C@H](n1cc(C2CC2)nn1)C(C)(C)C. The minimum atomic E-state index is -0.702. The van der Waals surface area contributed by atoms with Crippen molar-refractivity contribution >= 4 is 11.8 Å². The van der Waals surface area contributed by atoms with Crippen LogP contribution in [0.5, 0.6) is 0 Å². The highest BCUT2D eigenvalue weighted by Crippen LogP contribution is 2.40. The van der Waals surface area contributed by atoms with Crippen LogP contribution in [0, 0.1) is 11.3 Å². The fraction of sp³-hybridized carbons (Fsp3) is 0.833. The Bertz CT molecular complexity index is 902. The van der Waals surface area contributed by atoms with Crippen LogP contribution in [0.3, 0.4) is 0 Å². The molecule has 4 aliphatic rings. The van der Waals surface area contributed by atoms with Crippen molar-refractivity contribution in [2.24, 2.45) is 11.3 Å². The van der Waals surface area contributed by atoms with E-state index in [9.17, 15) is 14.7 Å². The van der Waals surface area contributed by atoms with Crippen LogP contribution in [0.4, 0.5) is 0 Å². The quantitative estimate of drug-likeness (QED) is 0.666. The minimum absolute atomic E-state index is 0.0858. The average Bonchev–Trinajstić information content (AvgIpc) is 3.65. The van der Waals surface area contributed by atoms with Crippen molar-refractivity contribution in [3.05, 3.63) is 11.9 Å². The second kappa shape index (κ2) is 8.34. The molecule has 2 saturated carbocycles. The summed E-state index contributed by atoms with van der Waals surface area (Å²) in [6.45, 7) is 10.2. The van der Waals surface area contributed by atoms with Crippen molar-refractivity contribution in [3.63, 3.8) is 0 Å².